The van der Waals surface area contributed by atoms with Crippen LogP contribution in [0.2, 0.25) is 0 Å². The van der Waals surface area contributed by atoms with Crippen LogP contribution in [0.3, 0.4) is 0 Å². The number of nitrogens with one attached hydrogen (secondary N) is 1. The summed E-state index contributed by atoms with van der Waals surface area (Å²) in [4.78, 5) is 17.0. The minimum Gasteiger partial charge on any atom is -0.354 e. The summed E-state index contributed by atoms with van der Waals surface area (Å²) in [5, 5.41) is 2.85. The topological polar surface area (TPSA) is 35.6 Å². The molecule has 6 heteroatoms. The molecule has 2 bridgehead atoms. The molecular formula is C16H21F2N3O. The van der Waals surface area contributed by atoms with Gasteiger partial charge in [0.25, 0.3) is 0 Å². The molecule has 0 saturated carbocycles. The molecule has 0 aliphatic carbocycles. The van der Waals surface area contributed by atoms with Crippen LogP contribution in [0.5, 0.6) is 0 Å². The van der Waals surface area contributed by atoms with Crippen molar-refractivity contribution >= 4 is 5.91 Å². The van der Waals surface area contributed by atoms with Crippen LogP contribution in [0.25, 0.3) is 0 Å². The number of carbonyl (C=O) groups is 1. The quantitative estimate of drug-likeness (QED) is 0.907. The van der Waals surface area contributed by atoms with E-state index in [0.29, 0.717) is 12.6 Å². The Morgan fingerprint density at radius 2 is 1.91 bits per heavy atom. The van der Waals surface area contributed by atoms with E-state index in [1.807, 2.05) is 0 Å². The molecule has 1 amide bonds. The summed E-state index contributed by atoms with van der Waals surface area (Å²) in [6, 6.07) is 3.96. The van der Waals surface area contributed by atoms with Crippen LogP contribution in [0.1, 0.15) is 18.4 Å². The molecule has 120 valence electrons. The molecule has 2 unspecified atom stereocenters. The zero-order chi connectivity index (χ0) is 15.7. The number of halogens is 2. The Morgan fingerprint density at radius 3 is 2.45 bits per heavy atom. The fourth-order valence-electron chi connectivity index (χ4n) is 3.35. The third-order valence-corrected chi connectivity index (χ3v) is 4.73. The van der Waals surface area contributed by atoms with E-state index in [1.54, 1.807) is 0 Å². The summed E-state index contributed by atoms with van der Waals surface area (Å²) < 4.78 is 27.5. The molecule has 4 nitrogen and oxygen atoms in total. The largest absolute Gasteiger partial charge is 0.354 e. The molecule has 3 fully saturated rings. The van der Waals surface area contributed by atoms with Crippen LogP contribution < -0.4 is 5.32 Å². The first-order valence-electron chi connectivity index (χ1n) is 7.74. The standard InChI is InChI=1S/C16H21F2N3O/c1-11(15-13(17)3-2-4-14(15)18)16(22)19-9-12-10-20-5-7-21(12)8-6-20/h2-4,11-12H,5-10H2,1H3,(H,19,22). The molecule has 0 spiro atoms. The van der Waals surface area contributed by atoms with Gasteiger partial charge in [-0.3, -0.25) is 14.6 Å². The molecule has 3 aliphatic heterocycles. The van der Waals surface area contributed by atoms with Crippen LogP contribution in [-0.2, 0) is 4.79 Å². The maximum Gasteiger partial charge on any atom is 0.227 e. The minimum atomic E-state index is -0.836. The van der Waals surface area contributed by atoms with E-state index in [1.165, 1.54) is 25.1 Å². The Hall–Kier alpha value is -1.53. The number of fused-ring (bicyclic) bond motifs is 3. The number of piperazine rings is 3. The highest BCUT2D eigenvalue weighted by atomic mass is 19.1. The molecular weight excluding hydrogens is 288 g/mol. The Balaban J connectivity index is 1.60. The molecule has 1 aromatic carbocycles. The van der Waals surface area contributed by atoms with Crippen molar-refractivity contribution in [1.82, 2.24) is 15.1 Å². The summed E-state index contributed by atoms with van der Waals surface area (Å²) >= 11 is 0. The first kappa shape index (κ1) is 15.4. The van der Waals surface area contributed by atoms with Crippen molar-refractivity contribution in [2.75, 3.05) is 39.3 Å². The summed E-state index contributed by atoms with van der Waals surface area (Å²) in [5.41, 5.74) is -0.158. The average molecular weight is 309 g/mol. The highest BCUT2D eigenvalue weighted by Crippen LogP contribution is 2.22. The second kappa shape index (κ2) is 6.30. The number of nitrogens with zero attached hydrogens (tertiary/aromatic N) is 2. The van der Waals surface area contributed by atoms with E-state index in [9.17, 15) is 13.6 Å². The van der Waals surface area contributed by atoms with Crippen molar-refractivity contribution in [2.24, 2.45) is 0 Å². The van der Waals surface area contributed by atoms with E-state index in [0.717, 1.165) is 32.7 Å². The highest BCUT2D eigenvalue weighted by Gasteiger charge is 2.32. The molecule has 0 radical (unpaired) electrons. The number of carbonyl (C=O) groups excluding carboxylic acids is 1. The van der Waals surface area contributed by atoms with Crippen molar-refractivity contribution in [3.05, 3.63) is 35.4 Å². The maximum absolute atomic E-state index is 13.7. The zero-order valence-electron chi connectivity index (χ0n) is 12.7. The Bertz CT molecular complexity index is 538. The molecule has 3 saturated heterocycles. The second-order valence-electron chi connectivity index (χ2n) is 6.09. The summed E-state index contributed by atoms with van der Waals surface area (Å²) in [7, 11) is 0. The lowest BCUT2D eigenvalue weighted by atomic mass is 9.98. The van der Waals surface area contributed by atoms with Gasteiger partial charge in [-0.25, -0.2) is 8.78 Å². The molecule has 1 aromatic rings. The van der Waals surface area contributed by atoms with Crippen LogP contribution in [0.15, 0.2) is 18.2 Å². The van der Waals surface area contributed by atoms with Gasteiger partial charge in [-0.15, -0.1) is 0 Å². The number of hydrogen-bond acceptors (Lipinski definition) is 3. The van der Waals surface area contributed by atoms with Gasteiger partial charge >= 0.3 is 0 Å². The predicted molar refractivity (Wildman–Crippen MR) is 79.6 cm³/mol. The van der Waals surface area contributed by atoms with E-state index < -0.39 is 17.6 Å². The van der Waals surface area contributed by atoms with Gasteiger partial charge < -0.3 is 5.32 Å². The normalized spacial score (nSPS) is 28.4. The number of benzene rings is 1. The molecule has 1 N–H and O–H groups in total. The Morgan fingerprint density at radius 1 is 1.27 bits per heavy atom. The van der Waals surface area contributed by atoms with Crippen molar-refractivity contribution in [1.29, 1.82) is 0 Å². The lowest BCUT2D eigenvalue weighted by Crippen LogP contribution is -2.63. The summed E-state index contributed by atoms with van der Waals surface area (Å²) in [6.45, 7) is 7.23. The van der Waals surface area contributed by atoms with Gasteiger partial charge in [0.1, 0.15) is 11.6 Å². The van der Waals surface area contributed by atoms with Gasteiger partial charge in [-0.05, 0) is 19.1 Å². The Kier molecular flexibility index (Phi) is 4.40. The number of amides is 1. The van der Waals surface area contributed by atoms with Crippen LogP contribution in [0.4, 0.5) is 8.78 Å². The van der Waals surface area contributed by atoms with Gasteiger partial charge in [-0.1, -0.05) is 6.07 Å². The summed E-state index contributed by atoms with van der Waals surface area (Å²) in [6.07, 6.45) is 0. The second-order valence-corrected chi connectivity index (χ2v) is 6.09. The Labute approximate surface area is 129 Å². The molecule has 4 rings (SSSR count). The lowest BCUT2D eigenvalue weighted by Gasteiger charge is -2.47. The molecule has 22 heavy (non-hydrogen) atoms. The van der Waals surface area contributed by atoms with Gasteiger partial charge in [0.2, 0.25) is 5.91 Å². The van der Waals surface area contributed by atoms with Crippen LogP contribution in [-0.4, -0.2) is 61.0 Å². The van der Waals surface area contributed by atoms with Crippen molar-refractivity contribution in [3.63, 3.8) is 0 Å². The van der Waals surface area contributed by atoms with Gasteiger partial charge in [0.15, 0.2) is 0 Å². The van der Waals surface area contributed by atoms with Crippen molar-refractivity contribution in [2.45, 2.75) is 18.9 Å². The lowest BCUT2D eigenvalue weighted by molar-refractivity contribution is -0.122. The number of hydrogen-bond donors (Lipinski definition) is 1. The van der Waals surface area contributed by atoms with Crippen LogP contribution >= 0.6 is 0 Å². The average Bonchev–Trinajstić information content (AvgIpc) is 2.53. The number of rotatable bonds is 4. The zero-order valence-corrected chi connectivity index (χ0v) is 12.7. The van der Waals surface area contributed by atoms with Gasteiger partial charge in [0.05, 0.1) is 5.92 Å². The van der Waals surface area contributed by atoms with E-state index in [2.05, 4.69) is 15.1 Å². The van der Waals surface area contributed by atoms with E-state index >= 15 is 0 Å². The predicted octanol–water partition coefficient (Wildman–Crippen LogP) is 1.18. The van der Waals surface area contributed by atoms with E-state index in [4.69, 9.17) is 0 Å². The van der Waals surface area contributed by atoms with Gasteiger partial charge in [0, 0.05) is 50.9 Å². The van der Waals surface area contributed by atoms with Crippen LogP contribution in [0, 0.1) is 11.6 Å². The first-order valence-corrected chi connectivity index (χ1v) is 7.74. The highest BCUT2D eigenvalue weighted by molar-refractivity contribution is 5.83. The fourth-order valence-corrected chi connectivity index (χ4v) is 3.35. The third-order valence-electron chi connectivity index (χ3n) is 4.73. The maximum atomic E-state index is 13.7. The minimum absolute atomic E-state index is 0.158. The monoisotopic (exact) mass is 309 g/mol. The van der Waals surface area contributed by atoms with Crippen molar-refractivity contribution in [3.8, 4) is 0 Å². The SMILES string of the molecule is CC(C(=O)NCC1CN2CCN1CC2)c1c(F)cccc1F. The van der Waals surface area contributed by atoms with E-state index in [-0.39, 0.29) is 11.5 Å². The molecule has 3 heterocycles. The smallest absolute Gasteiger partial charge is 0.227 e. The molecule has 2 atom stereocenters. The third kappa shape index (κ3) is 2.98. The van der Waals surface area contributed by atoms with Gasteiger partial charge in [-0.2, -0.15) is 0 Å². The summed E-state index contributed by atoms with van der Waals surface area (Å²) in [5.74, 6) is -2.51. The molecule has 0 aromatic heterocycles. The first-order chi connectivity index (χ1) is 10.6. The fraction of sp³-hybridized carbons (Fsp3) is 0.562. The molecule has 3 aliphatic rings. The van der Waals surface area contributed by atoms with Crippen molar-refractivity contribution < 1.29 is 13.6 Å².